The number of ether oxygens (including phenoxy) is 1. The zero-order valence-electron chi connectivity index (χ0n) is 5.52. The quantitative estimate of drug-likeness (QED) is 0.542. The first-order valence-corrected chi connectivity index (χ1v) is 3.02. The van der Waals surface area contributed by atoms with E-state index < -0.39 is 6.67 Å². The Morgan fingerprint density at radius 3 is 2.78 bits per heavy atom. The van der Waals surface area contributed by atoms with Crippen LogP contribution in [-0.4, -0.2) is 19.3 Å². The van der Waals surface area contributed by atoms with Crippen molar-refractivity contribution < 1.29 is 13.9 Å². The molecule has 0 radical (unpaired) electrons. The van der Waals surface area contributed by atoms with Crippen LogP contribution in [-0.2, 0) is 9.53 Å². The Balaban J connectivity index is 3.06. The Hall–Kier alpha value is -0.600. The molecule has 3 heteroatoms. The van der Waals surface area contributed by atoms with Gasteiger partial charge in [-0.1, -0.05) is 0 Å². The van der Waals surface area contributed by atoms with E-state index in [9.17, 15) is 9.18 Å². The van der Waals surface area contributed by atoms with Gasteiger partial charge in [0.05, 0.1) is 13.3 Å². The number of halogens is 1. The summed E-state index contributed by atoms with van der Waals surface area (Å²) in [6, 6.07) is 0. The molecule has 0 aromatic heterocycles. The normalized spacial score (nSPS) is 9.11. The molecule has 9 heavy (non-hydrogen) atoms. The van der Waals surface area contributed by atoms with Crippen molar-refractivity contribution in [2.45, 2.75) is 19.8 Å². The average molecular weight is 134 g/mol. The maximum absolute atomic E-state index is 11.4. The highest BCUT2D eigenvalue weighted by Gasteiger charge is 1.98. The van der Waals surface area contributed by atoms with Gasteiger partial charge in [0.2, 0.25) is 0 Å². The van der Waals surface area contributed by atoms with Crippen molar-refractivity contribution in [2.24, 2.45) is 0 Å². The highest BCUT2D eigenvalue weighted by Crippen LogP contribution is 1.92. The van der Waals surface area contributed by atoms with Crippen molar-refractivity contribution in [3.8, 4) is 0 Å². The third kappa shape index (κ3) is 5.27. The lowest BCUT2D eigenvalue weighted by molar-refractivity contribution is -0.143. The van der Waals surface area contributed by atoms with Crippen LogP contribution < -0.4 is 0 Å². The number of alkyl halides is 1. The average Bonchev–Trinajstić information content (AvgIpc) is 1.85. The molecule has 0 aliphatic carbocycles. The molecule has 0 rings (SSSR count). The Morgan fingerprint density at radius 1 is 1.67 bits per heavy atom. The van der Waals surface area contributed by atoms with Crippen molar-refractivity contribution in [2.75, 3.05) is 13.3 Å². The third-order valence-corrected chi connectivity index (χ3v) is 0.820. The van der Waals surface area contributed by atoms with Crippen LogP contribution in [0.4, 0.5) is 4.39 Å². The number of hydrogen-bond acceptors (Lipinski definition) is 2. The second kappa shape index (κ2) is 5.54. The molecule has 0 aromatic rings. The van der Waals surface area contributed by atoms with E-state index in [1.54, 1.807) is 6.92 Å². The minimum Gasteiger partial charge on any atom is -0.466 e. The Bertz CT molecular complexity index is 83.1. The second-order valence-corrected chi connectivity index (χ2v) is 1.60. The van der Waals surface area contributed by atoms with Gasteiger partial charge in [-0.25, -0.2) is 0 Å². The van der Waals surface area contributed by atoms with E-state index in [-0.39, 0.29) is 18.8 Å². The van der Waals surface area contributed by atoms with E-state index >= 15 is 0 Å². The van der Waals surface area contributed by atoms with Crippen LogP contribution in [0, 0.1) is 0 Å². The van der Waals surface area contributed by atoms with Crippen LogP contribution in [0.1, 0.15) is 19.8 Å². The molecule has 0 spiro atoms. The van der Waals surface area contributed by atoms with Gasteiger partial charge in [-0.15, -0.1) is 0 Å². The fraction of sp³-hybridized carbons (Fsp3) is 0.833. The highest BCUT2D eigenvalue weighted by atomic mass is 19.1. The van der Waals surface area contributed by atoms with Crippen molar-refractivity contribution in [1.82, 2.24) is 0 Å². The smallest absolute Gasteiger partial charge is 0.305 e. The van der Waals surface area contributed by atoms with Crippen molar-refractivity contribution in [1.29, 1.82) is 0 Å². The molecule has 0 aliphatic heterocycles. The molecule has 0 bridgehead atoms. The summed E-state index contributed by atoms with van der Waals surface area (Å²) in [5, 5.41) is 0. The minimum atomic E-state index is -0.446. The predicted octanol–water partition coefficient (Wildman–Crippen LogP) is 1.30. The minimum absolute atomic E-state index is 0.199. The molecule has 2 nitrogen and oxygen atoms in total. The van der Waals surface area contributed by atoms with Crippen LogP contribution in [0.15, 0.2) is 0 Å². The third-order valence-electron chi connectivity index (χ3n) is 0.820. The van der Waals surface area contributed by atoms with E-state index in [2.05, 4.69) is 4.74 Å². The Morgan fingerprint density at radius 2 is 2.33 bits per heavy atom. The van der Waals surface area contributed by atoms with Gasteiger partial charge in [0.25, 0.3) is 0 Å². The van der Waals surface area contributed by atoms with E-state index in [1.165, 1.54) is 0 Å². The van der Waals surface area contributed by atoms with Crippen molar-refractivity contribution >= 4 is 5.97 Å². The van der Waals surface area contributed by atoms with Gasteiger partial charge < -0.3 is 4.74 Å². The summed E-state index contributed by atoms with van der Waals surface area (Å²) in [6.45, 7) is 1.66. The van der Waals surface area contributed by atoms with Crippen LogP contribution in [0.25, 0.3) is 0 Å². The van der Waals surface area contributed by atoms with Gasteiger partial charge in [0.1, 0.15) is 0 Å². The van der Waals surface area contributed by atoms with Gasteiger partial charge in [0.15, 0.2) is 0 Å². The van der Waals surface area contributed by atoms with Gasteiger partial charge >= 0.3 is 5.97 Å². The molecule has 0 saturated carbocycles. The molecule has 0 fully saturated rings. The molecule has 0 atom stereocenters. The zero-order chi connectivity index (χ0) is 7.11. The SMILES string of the molecule is CCOC(=O)CCCF. The number of rotatable bonds is 4. The van der Waals surface area contributed by atoms with E-state index in [4.69, 9.17) is 0 Å². The molecule has 0 aliphatic rings. The van der Waals surface area contributed by atoms with E-state index in [1.807, 2.05) is 0 Å². The molecule has 0 unspecified atom stereocenters. The lowest BCUT2D eigenvalue weighted by atomic mass is 10.3. The first kappa shape index (κ1) is 8.40. The summed E-state index contributed by atoms with van der Waals surface area (Å²) in [6.07, 6.45) is 0.475. The maximum Gasteiger partial charge on any atom is 0.305 e. The Labute approximate surface area is 54.0 Å². The van der Waals surface area contributed by atoms with Gasteiger partial charge in [0, 0.05) is 6.42 Å². The fourth-order valence-electron chi connectivity index (χ4n) is 0.444. The van der Waals surface area contributed by atoms with E-state index in [0.717, 1.165) is 0 Å². The van der Waals surface area contributed by atoms with Crippen LogP contribution in [0.2, 0.25) is 0 Å². The second-order valence-electron chi connectivity index (χ2n) is 1.60. The topological polar surface area (TPSA) is 26.3 Å². The van der Waals surface area contributed by atoms with Gasteiger partial charge in [-0.3, -0.25) is 9.18 Å². The van der Waals surface area contributed by atoms with Crippen molar-refractivity contribution in [3.05, 3.63) is 0 Å². The summed E-state index contributed by atoms with van der Waals surface area (Å²) in [7, 11) is 0. The lowest BCUT2D eigenvalue weighted by Gasteiger charge is -1.97. The molecular formula is C6H11FO2. The molecule has 0 heterocycles. The maximum atomic E-state index is 11.4. The monoisotopic (exact) mass is 134 g/mol. The summed E-state index contributed by atoms with van der Waals surface area (Å²) < 4.78 is 15.9. The lowest BCUT2D eigenvalue weighted by Crippen LogP contribution is -2.03. The number of carbonyl (C=O) groups excluding carboxylic acids is 1. The molecule has 0 amide bonds. The van der Waals surface area contributed by atoms with Gasteiger partial charge in [-0.05, 0) is 13.3 Å². The standard InChI is InChI=1S/C6H11FO2/c1-2-9-6(8)4-3-5-7/h2-5H2,1H3. The largest absolute Gasteiger partial charge is 0.466 e. The molecule has 54 valence electrons. The molecule has 0 N–H and O–H groups in total. The summed E-state index contributed by atoms with van der Waals surface area (Å²) >= 11 is 0. The number of hydrogen-bond donors (Lipinski definition) is 0. The van der Waals surface area contributed by atoms with Crippen LogP contribution >= 0.6 is 0 Å². The number of esters is 1. The predicted molar refractivity (Wildman–Crippen MR) is 31.8 cm³/mol. The van der Waals surface area contributed by atoms with Crippen LogP contribution in [0.5, 0.6) is 0 Å². The first-order chi connectivity index (χ1) is 4.31. The number of carbonyl (C=O) groups is 1. The fourth-order valence-corrected chi connectivity index (χ4v) is 0.444. The van der Waals surface area contributed by atoms with E-state index in [0.29, 0.717) is 6.61 Å². The first-order valence-electron chi connectivity index (χ1n) is 3.02. The highest BCUT2D eigenvalue weighted by molar-refractivity contribution is 5.69. The van der Waals surface area contributed by atoms with Gasteiger partial charge in [-0.2, -0.15) is 0 Å². The zero-order valence-corrected chi connectivity index (χ0v) is 5.52. The summed E-state index contributed by atoms with van der Waals surface area (Å²) in [4.78, 5) is 10.4. The summed E-state index contributed by atoms with van der Waals surface area (Å²) in [5.41, 5.74) is 0. The molecule has 0 saturated heterocycles. The van der Waals surface area contributed by atoms with Crippen LogP contribution in [0.3, 0.4) is 0 Å². The molecule has 0 aromatic carbocycles. The Kier molecular flexibility index (Phi) is 5.17. The summed E-state index contributed by atoms with van der Waals surface area (Å²) in [5.74, 6) is -0.310. The molecular weight excluding hydrogens is 123 g/mol. The van der Waals surface area contributed by atoms with Crippen molar-refractivity contribution in [3.63, 3.8) is 0 Å².